The van der Waals surface area contributed by atoms with Gasteiger partial charge in [0.05, 0.1) is 16.4 Å². The quantitative estimate of drug-likeness (QED) is 0.124. The van der Waals surface area contributed by atoms with E-state index in [2.05, 4.69) is 201 Å². The van der Waals surface area contributed by atoms with E-state index in [4.69, 9.17) is 0 Å². The van der Waals surface area contributed by atoms with Crippen LogP contribution in [0.5, 0.6) is 0 Å². The first-order chi connectivity index (χ1) is 34.7. The third-order valence-electron chi connectivity index (χ3n) is 20.4. The average molecular weight is 909 g/mol. The lowest BCUT2D eigenvalue weighted by Gasteiger charge is -2.51. The van der Waals surface area contributed by atoms with Crippen LogP contribution in [0.1, 0.15) is 111 Å². The van der Waals surface area contributed by atoms with Crippen molar-refractivity contribution in [2.75, 3.05) is 4.81 Å². The lowest BCUT2D eigenvalue weighted by Crippen LogP contribution is -2.63. The van der Waals surface area contributed by atoms with Gasteiger partial charge in [0.15, 0.2) is 0 Å². The standard InChI is InChI=1S/C68H53BN2/c1-65(2)52-18-8-5-16-46(52)49-35-50-47-17-13-22-56-62(47)71(59-23-12-11-21-55(59)68(56)53-19-9-6-14-44(53)45-15-7-10-20-54(45)68)69-57-34-43(67(4)29-27-39-31-41(39)37-67)33-51-48-32-42(66(3)28-26-38-30-40(38)36-66)24-25-58(48)70(63(51)57)64(60(49)65)61(50)69/h5-27,32-35,40-41H,28-31,36-37H2,1-4H3. The zero-order chi connectivity index (χ0) is 46.7. The summed E-state index contributed by atoms with van der Waals surface area (Å²) in [6.07, 6.45) is 12.5. The normalized spacial score (nSPS) is 24.7. The molecule has 6 aliphatic carbocycles. The van der Waals surface area contributed by atoms with Gasteiger partial charge in [0.2, 0.25) is 0 Å². The topological polar surface area (TPSA) is 8.17 Å². The summed E-state index contributed by atoms with van der Waals surface area (Å²) >= 11 is 0. The molecule has 1 aromatic heterocycles. The lowest BCUT2D eigenvalue weighted by atomic mass is 9.42. The Labute approximate surface area is 416 Å². The molecular weight excluding hydrogens is 856 g/mol. The zero-order valence-corrected chi connectivity index (χ0v) is 41.0. The molecule has 9 aromatic rings. The van der Waals surface area contributed by atoms with Crippen LogP contribution in [0.3, 0.4) is 0 Å². The van der Waals surface area contributed by atoms with Crippen molar-refractivity contribution >= 4 is 51.0 Å². The number of aromatic nitrogens is 1. The van der Waals surface area contributed by atoms with E-state index in [-0.39, 0.29) is 23.1 Å². The molecule has 4 atom stereocenters. The summed E-state index contributed by atoms with van der Waals surface area (Å²) in [4.78, 5) is 2.87. The van der Waals surface area contributed by atoms with Crippen molar-refractivity contribution in [1.29, 1.82) is 0 Å². The maximum atomic E-state index is 2.87. The number of hydrogen-bond donors (Lipinski definition) is 0. The van der Waals surface area contributed by atoms with Crippen LogP contribution in [0.15, 0.2) is 175 Å². The first kappa shape index (κ1) is 38.6. The second-order valence-corrected chi connectivity index (χ2v) is 24.4. The molecule has 2 saturated carbocycles. The minimum atomic E-state index is -0.482. The molecule has 338 valence electrons. The highest BCUT2D eigenvalue weighted by Gasteiger charge is 2.57. The van der Waals surface area contributed by atoms with E-state index in [1.54, 1.807) is 11.1 Å². The van der Waals surface area contributed by atoms with E-state index in [1.165, 1.54) is 153 Å². The van der Waals surface area contributed by atoms with E-state index in [1.807, 2.05) is 0 Å². The first-order valence-corrected chi connectivity index (χ1v) is 26.7. The van der Waals surface area contributed by atoms with Gasteiger partial charge >= 0.3 is 6.85 Å². The fourth-order valence-electron chi connectivity index (χ4n) is 16.9. The smallest absolute Gasteiger partial charge is 0.333 e. The molecule has 4 unspecified atom stereocenters. The third-order valence-corrected chi connectivity index (χ3v) is 20.4. The van der Waals surface area contributed by atoms with E-state index in [0.29, 0.717) is 0 Å². The summed E-state index contributed by atoms with van der Waals surface area (Å²) in [5.41, 5.74) is 32.3. The number of nitrogens with zero attached hydrogens (tertiary/aromatic N) is 2. The highest BCUT2D eigenvalue weighted by Crippen LogP contribution is 2.66. The largest absolute Gasteiger partial charge is 0.376 e. The van der Waals surface area contributed by atoms with Crippen molar-refractivity contribution in [3.63, 3.8) is 0 Å². The number of anilines is 2. The number of allylic oxidation sites excluding steroid dienone is 4. The van der Waals surface area contributed by atoms with Crippen molar-refractivity contribution in [3.8, 4) is 39.1 Å². The lowest BCUT2D eigenvalue weighted by molar-refractivity contribution is 0.407. The van der Waals surface area contributed by atoms with Crippen molar-refractivity contribution in [3.05, 3.63) is 219 Å². The summed E-state index contributed by atoms with van der Waals surface area (Å²) in [6, 6.07) is 60.7. The van der Waals surface area contributed by atoms with Crippen LogP contribution < -0.4 is 15.7 Å². The summed E-state index contributed by atoms with van der Waals surface area (Å²) in [7, 11) is 0. The Balaban J connectivity index is 1.02. The molecule has 0 radical (unpaired) electrons. The Hall–Kier alpha value is -7.10. The molecule has 2 nitrogen and oxygen atoms in total. The van der Waals surface area contributed by atoms with Gasteiger partial charge in [-0.05, 0) is 175 Å². The van der Waals surface area contributed by atoms with Gasteiger partial charge in [-0.1, -0.05) is 172 Å². The van der Waals surface area contributed by atoms with Crippen molar-refractivity contribution in [2.24, 2.45) is 11.8 Å². The van der Waals surface area contributed by atoms with Crippen molar-refractivity contribution in [2.45, 2.75) is 87.9 Å². The van der Waals surface area contributed by atoms with Gasteiger partial charge in [-0.15, -0.1) is 0 Å². The number of fused-ring (bicyclic) bond motifs is 22. The van der Waals surface area contributed by atoms with Crippen LogP contribution in [0.2, 0.25) is 0 Å². The Bertz CT molecular complexity index is 4070. The van der Waals surface area contributed by atoms with Gasteiger partial charge < -0.3 is 9.38 Å². The highest BCUT2D eigenvalue weighted by molar-refractivity contribution is 6.94. The summed E-state index contributed by atoms with van der Waals surface area (Å²) in [5, 5.41) is 2.85. The molecule has 1 spiro atoms. The molecule has 0 N–H and O–H groups in total. The maximum absolute atomic E-state index is 2.87. The average Bonchev–Trinajstić information content (AvgIpc) is 4.29. The van der Waals surface area contributed by atoms with Crippen LogP contribution in [-0.4, -0.2) is 11.4 Å². The van der Waals surface area contributed by atoms with E-state index in [9.17, 15) is 0 Å². The zero-order valence-electron chi connectivity index (χ0n) is 41.0. The number of hydrogen-bond acceptors (Lipinski definition) is 1. The second kappa shape index (κ2) is 12.3. The van der Waals surface area contributed by atoms with Gasteiger partial charge in [-0.25, -0.2) is 0 Å². The molecule has 18 rings (SSSR count). The molecule has 0 saturated heterocycles. The summed E-state index contributed by atoms with van der Waals surface area (Å²) in [5.74, 6) is 1.49. The molecule has 3 heteroatoms. The second-order valence-electron chi connectivity index (χ2n) is 24.4. The Morgan fingerprint density at radius 1 is 0.493 bits per heavy atom. The van der Waals surface area contributed by atoms with E-state index in [0.717, 1.165) is 24.7 Å². The van der Waals surface area contributed by atoms with Gasteiger partial charge in [-0.3, -0.25) is 0 Å². The Morgan fingerprint density at radius 2 is 1.08 bits per heavy atom. The Morgan fingerprint density at radius 3 is 1.79 bits per heavy atom. The monoisotopic (exact) mass is 908 g/mol. The van der Waals surface area contributed by atoms with Crippen LogP contribution in [0.25, 0.3) is 60.9 Å². The molecule has 0 bridgehead atoms. The maximum Gasteiger partial charge on any atom is 0.333 e. The predicted molar refractivity (Wildman–Crippen MR) is 294 cm³/mol. The van der Waals surface area contributed by atoms with Crippen molar-refractivity contribution < 1.29 is 0 Å². The van der Waals surface area contributed by atoms with Crippen LogP contribution >= 0.6 is 0 Å². The molecule has 2 fully saturated rings. The van der Waals surface area contributed by atoms with Crippen LogP contribution in [0.4, 0.5) is 11.4 Å². The van der Waals surface area contributed by atoms with Crippen molar-refractivity contribution in [1.82, 2.24) is 4.57 Å². The fourth-order valence-corrected chi connectivity index (χ4v) is 16.9. The number of rotatable bonds is 2. The van der Waals surface area contributed by atoms with Gasteiger partial charge in [-0.2, -0.15) is 0 Å². The molecular formula is C68H53BN2. The minimum absolute atomic E-state index is 0.0491. The minimum Gasteiger partial charge on any atom is -0.376 e. The van der Waals surface area contributed by atoms with E-state index < -0.39 is 5.41 Å². The molecule has 8 aromatic carbocycles. The van der Waals surface area contributed by atoms with Crippen LogP contribution in [-0.2, 0) is 21.7 Å². The highest BCUT2D eigenvalue weighted by atomic mass is 15.1. The summed E-state index contributed by atoms with van der Waals surface area (Å²) in [6.45, 7) is 10.1. The Kier molecular flexibility index (Phi) is 6.70. The molecule has 4 heterocycles. The molecule has 9 aliphatic rings. The third kappa shape index (κ3) is 4.41. The van der Waals surface area contributed by atoms with Crippen LogP contribution in [0, 0.1) is 11.8 Å². The van der Waals surface area contributed by atoms with E-state index >= 15 is 0 Å². The molecule has 71 heavy (non-hydrogen) atoms. The number of para-hydroxylation sites is 2. The predicted octanol–water partition coefficient (Wildman–Crippen LogP) is 15.0. The number of benzene rings is 8. The SMILES string of the molecule is CC1(c2ccc3c(c2)c2cc(C4(C)CC=C5CC5C4)cc4c2n3-c2c3c(cc5c2C(C)(C)c2ccccc2-5)-c2cccc5c2N(B34)c2ccccc2C52c3ccccc3-c3ccccc32)CC=C2CC2C1. The molecule has 3 aliphatic heterocycles. The fraction of sp³-hybridized carbons (Fsp3) is 0.235. The first-order valence-electron chi connectivity index (χ1n) is 26.7. The van der Waals surface area contributed by atoms with Gasteiger partial charge in [0.25, 0.3) is 0 Å². The molecule has 0 amide bonds. The van der Waals surface area contributed by atoms with Gasteiger partial charge in [0, 0.05) is 38.8 Å². The summed E-state index contributed by atoms with van der Waals surface area (Å²) < 4.78 is 2.81. The van der Waals surface area contributed by atoms with Gasteiger partial charge in [0.1, 0.15) is 0 Å².